The number of phosphoric ester groups is 1. The zero-order valence-corrected chi connectivity index (χ0v) is 46.9. The molecule has 3 aliphatic rings. The van der Waals surface area contributed by atoms with Crippen LogP contribution in [-0.4, -0.2) is 193 Å². The summed E-state index contributed by atoms with van der Waals surface area (Å²) in [5.41, 5.74) is 12.2. The number of unbranched alkanes of at least 4 members (excludes halogenated alkanes) is 24. The minimum Gasteiger partial charge on any atom is -0.462 e. The van der Waals surface area contributed by atoms with E-state index in [0.717, 1.165) is 51.4 Å². The van der Waals surface area contributed by atoms with Crippen LogP contribution in [0.15, 0.2) is 0 Å². The van der Waals surface area contributed by atoms with Crippen molar-refractivity contribution in [3.05, 3.63) is 0 Å². The van der Waals surface area contributed by atoms with Crippen molar-refractivity contribution in [2.75, 3.05) is 26.4 Å². The number of aliphatic hydroxyl groups excluding tert-OH is 9. The van der Waals surface area contributed by atoms with Gasteiger partial charge in [0.25, 0.3) is 0 Å². The van der Waals surface area contributed by atoms with Crippen LogP contribution in [0.2, 0.25) is 0 Å². The van der Waals surface area contributed by atoms with Crippen LogP contribution >= 0.6 is 7.82 Å². The highest BCUT2D eigenvalue weighted by molar-refractivity contribution is 7.47. The van der Waals surface area contributed by atoms with Crippen LogP contribution in [-0.2, 0) is 51.6 Å². The summed E-state index contributed by atoms with van der Waals surface area (Å²) in [4.78, 5) is 37.0. The average Bonchev–Trinajstić information content (AvgIpc) is 3.41. The van der Waals surface area contributed by atoms with Gasteiger partial charge in [0.1, 0.15) is 86.0 Å². The summed E-state index contributed by atoms with van der Waals surface area (Å²) in [7, 11) is -5.43. The second-order valence-electron chi connectivity index (χ2n) is 21.3. The van der Waals surface area contributed by atoms with Crippen molar-refractivity contribution in [2.45, 2.75) is 298 Å². The fourth-order valence-corrected chi connectivity index (χ4v) is 10.9. The van der Waals surface area contributed by atoms with Crippen LogP contribution in [0.5, 0.6) is 0 Å². The monoisotopic (exact) mass is 1130 g/mol. The number of hydrogen-bond acceptors (Lipinski definition) is 22. The van der Waals surface area contributed by atoms with Crippen LogP contribution in [0.3, 0.4) is 0 Å². The number of aliphatic hydroxyl groups is 9. The van der Waals surface area contributed by atoms with Gasteiger partial charge in [-0.2, -0.15) is 0 Å². The van der Waals surface area contributed by atoms with Crippen molar-refractivity contribution in [2.24, 2.45) is 11.5 Å². The maximum absolute atomic E-state index is 13.7. The van der Waals surface area contributed by atoms with Gasteiger partial charge in [-0.1, -0.05) is 168 Å². The van der Waals surface area contributed by atoms with E-state index < -0.39 is 150 Å². The Bertz CT molecular complexity index is 1610. The van der Waals surface area contributed by atoms with Gasteiger partial charge in [-0.05, 0) is 12.8 Å². The van der Waals surface area contributed by atoms with Crippen molar-refractivity contribution in [1.29, 1.82) is 0 Å². The number of rotatable bonds is 42. The lowest BCUT2D eigenvalue weighted by Crippen LogP contribution is -2.69. The van der Waals surface area contributed by atoms with Gasteiger partial charge in [-0.15, -0.1) is 0 Å². The third kappa shape index (κ3) is 25.2. The molecule has 2 heterocycles. The van der Waals surface area contributed by atoms with E-state index in [1.165, 1.54) is 103 Å². The van der Waals surface area contributed by atoms with Gasteiger partial charge in [0.15, 0.2) is 18.7 Å². The van der Waals surface area contributed by atoms with Crippen LogP contribution in [0.1, 0.15) is 194 Å². The minimum absolute atomic E-state index is 0.0194. The van der Waals surface area contributed by atoms with Gasteiger partial charge in [0, 0.05) is 19.4 Å². The normalized spacial score (nSPS) is 31.9. The van der Waals surface area contributed by atoms with E-state index in [1.807, 2.05) is 0 Å². The third-order valence-electron chi connectivity index (χ3n) is 14.8. The highest BCUT2D eigenvalue weighted by atomic mass is 31.2. The van der Waals surface area contributed by atoms with E-state index >= 15 is 0 Å². The smallest absolute Gasteiger partial charge is 0.462 e. The summed E-state index contributed by atoms with van der Waals surface area (Å²) in [5, 5.41) is 95.4. The molecule has 23 nitrogen and oxygen atoms in total. The number of nitrogens with two attached hydrogens (primary N) is 2. The van der Waals surface area contributed by atoms with Gasteiger partial charge in [-0.25, -0.2) is 4.57 Å². The molecular formula is C53H101N2O21P. The lowest BCUT2D eigenvalue weighted by Gasteiger charge is -2.49. The van der Waals surface area contributed by atoms with Crippen molar-refractivity contribution in [3.63, 3.8) is 0 Å². The van der Waals surface area contributed by atoms with E-state index in [9.17, 15) is 65.0 Å². The predicted octanol–water partition coefficient (Wildman–Crippen LogP) is 3.31. The Kier molecular flexibility index (Phi) is 35.3. The van der Waals surface area contributed by atoms with Crippen molar-refractivity contribution < 1.29 is 102 Å². The molecule has 77 heavy (non-hydrogen) atoms. The summed E-state index contributed by atoms with van der Waals surface area (Å²) >= 11 is 0. The molecule has 0 aromatic carbocycles. The Morgan fingerprint density at radius 2 is 0.922 bits per heavy atom. The SMILES string of the molecule is CCCCCCCCCCCCCCCC(=O)OC[C@H](COP(=O)(O)O[C@@H]1[C@H](O)[C@H](O)[C@@H](O)[C@H](O)[C@H]1O[C@H]1O[C@H](CN)[C@@H](O[C@H]2O[C@H](CO)[C@@H](O)[C@H](O)[C@@H]2O)[C@H](O)[C@H]1N)OC(=O)CCCCCCCCCCCCCCC. The Morgan fingerprint density at radius 3 is 1.39 bits per heavy atom. The number of phosphoric acid groups is 1. The van der Waals surface area contributed by atoms with Gasteiger partial charge in [0.05, 0.1) is 19.3 Å². The summed E-state index contributed by atoms with van der Waals surface area (Å²) in [6, 6.07) is -1.65. The Morgan fingerprint density at radius 1 is 0.506 bits per heavy atom. The van der Waals surface area contributed by atoms with Gasteiger partial charge >= 0.3 is 19.8 Å². The molecule has 24 heteroatoms. The molecule has 3 rings (SSSR count). The second kappa shape index (κ2) is 39.0. The highest BCUT2D eigenvalue weighted by Gasteiger charge is 2.56. The van der Waals surface area contributed by atoms with Crippen molar-refractivity contribution >= 4 is 19.8 Å². The molecule has 0 amide bonds. The van der Waals surface area contributed by atoms with Crippen LogP contribution in [0, 0.1) is 0 Å². The molecule has 0 bridgehead atoms. The molecule has 454 valence electrons. The zero-order chi connectivity index (χ0) is 56.8. The molecule has 2 aliphatic heterocycles. The number of carbonyl (C=O) groups excluding carboxylic acids is 2. The molecule has 3 fully saturated rings. The molecule has 0 aromatic heterocycles. The topological polar surface area (TPSA) is 379 Å². The zero-order valence-electron chi connectivity index (χ0n) is 46.0. The average molecular weight is 1130 g/mol. The number of hydrogen-bond donors (Lipinski definition) is 12. The van der Waals surface area contributed by atoms with Crippen LogP contribution in [0.25, 0.3) is 0 Å². The number of ether oxygens (including phenoxy) is 6. The first-order valence-electron chi connectivity index (χ1n) is 29.0. The maximum Gasteiger partial charge on any atom is 0.472 e. The van der Waals surface area contributed by atoms with Crippen molar-refractivity contribution in [1.82, 2.24) is 0 Å². The van der Waals surface area contributed by atoms with E-state index in [-0.39, 0.29) is 12.8 Å². The highest BCUT2D eigenvalue weighted by Crippen LogP contribution is 2.48. The molecule has 2 saturated heterocycles. The quantitative estimate of drug-likeness (QED) is 0.0237. The molecule has 1 aliphatic carbocycles. The number of carbonyl (C=O) groups is 2. The Labute approximate surface area is 456 Å². The second-order valence-corrected chi connectivity index (χ2v) is 22.7. The maximum atomic E-state index is 13.7. The first-order valence-corrected chi connectivity index (χ1v) is 30.5. The molecule has 1 unspecified atom stereocenters. The third-order valence-corrected chi connectivity index (χ3v) is 15.8. The van der Waals surface area contributed by atoms with Gasteiger partial charge in [0.2, 0.25) is 0 Å². The largest absolute Gasteiger partial charge is 0.472 e. The summed E-state index contributed by atoms with van der Waals surface area (Å²) in [6.45, 7) is 1.80. The summed E-state index contributed by atoms with van der Waals surface area (Å²) in [6.07, 6.45) is -0.317. The van der Waals surface area contributed by atoms with E-state index in [1.54, 1.807) is 0 Å². The lowest BCUT2D eigenvalue weighted by molar-refractivity contribution is -0.353. The first-order chi connectivity index (χ1) is 36.9. The molecule has 0 radical (unpaired) electrons. The van der Waals surface area contributed by atoms with Crippen LogP contribution < -0.4 is 11.5 Å². The Hall–Kier alpha value is -1.55. The molecule has 0 aromatic rings. The standard InChI is InChI=1S/C53H101N2O21P/c1-3-5-7-9-11-13-15-17-19-21-23-25-27-29-38(57)69-33-35(71-39(58)30-28-26-24-22-20-18-16-14-12-10-8-6-4-2)34-70-77(67,68)76-51-47(65)45(63)44(62)46(64)50(51)75-52-40(55)42(60)49(36(31-54)72-52)74-53-48(66)43(61)41(59)37(32-56)73-53/h35-37,40-53,56,59-66H,3-34,54-55H2,1-2H3,(H,67,68)/t35-,36-,37-,40-,41-,42-,43+,44-,45-,46+,47-,48+,49-,50-,51-,52-,53-/m1/s1. The first kappa shape index (κ1) is 69.7. The molecule has 14 N–H and O–H groups in total. The van der Waals surface area contributed by atoms with Gasteiger partial charge in [-0.3, -0.25) is 18.6 Å². The van der Waals surface area contributed by atoms with E-state index in [0.29, 0.717) is 12.8 Å². The molecular weight excluding hydrogens is 1030 g/mol. The fraction of sp³-hybridized carbons (Fsp3) is 0.962. The molecule has 1 saturated carbocycles. The van der Waals surface area contributed by atoms with Crippen LogP contribution in [0.4, 0.5) is 0 Å². The minimum atomic E-state index is -5.43. The molecule has 0 spiro atoms. The van der Waals surface area contributed by atoms with Gasteiger partial charge < -0.3 is 90.7 Å². The summed E-state index contributed by atoms with van der Waals surface area (Å²) in [5.74, 6) is -1.24. The fourth-order valence-electron chi connectivity index (χ4n) is 9.93. The van der Waals surface area contributed by atoms with E-state index in [2.05, 4.69) is 13.8 Å². The van der Waals surface area contributed by atoms with E-state index in [4.69, 9.17) is 48.9 Å². The predicted molar refractivity (Wildman–Crippen MR) is 281 cm³/mol. The van der Waals surface area contributed by atoms with Crippen molar-refractivity contribution in [3.8, 4) is 0 Å². The summed E-state index contributed by atoms with van der Waals surface area (Å²) < 4.78 is 58.0. The molecule has 18 atom stereocenters. The number of esters is 2. The lowest BCUT2D eigenvalue weighted by atomic mass is 9.84. The Balaban J connectivity index is 1.61.